The number of hydrogen-bond acceptors (Lipinski definition) is 4. The van der Waals surface area contributed by atoms with Gasteiger partial charge >= 0.3 is 0 Å². The molecule has 1 aromatic carbocycles. The average Bonchev–Trinajstić information content (AvgIpc) is 2.40. The molecular formula is C13H15N3O2. The Kier molecular flexibility index (Phi) is 3.62. The van der Waals surface area contributed by atoms with Crippen LogP contribution in [0.5, 0.6) is 5.75 Å². The number of hydrogen-bond donors (Lipinski definition) is 2. The fraction of sp³-hybridized carbons (Fsp3) is 0.231. The molecule has 2 aromatic rings. The topological polar surface area (TPSA) is 67.0 Å². The summed E-state index contributed by atoms with van der Waals surface area (Å²) >= 11 is 0. The Hall–Kier alpha value is -2.30. The van der Waals surface area contributed by atoms with Crippen molar-refractivity contribution in [1.29, 1.82) is 0 Å². The van der Waals surface area contributed by atoms with E-state index in [1.165, 1.54) is 0 Å². The summed E-state index contributed by atoms with van der Waals surface area (Å²) in [5.41, 5.74) is 1.19. The first-order valence-electron chi connectivity index (χ1n) is 5.72. The van der Waals surface area contributed by atoms with Gasteiger partial charge in [0, 0.05) is 12.7 Å². The van der Waals surface area contributed by atoms with Gasteiger partial charge in [-0.25, -0.2) is 4.98 Å². The molecular weight excluding hydrogens is 230 g/mol. The van der Waals surface area contributed by atoms with E-state index in [2.05, 4.69) is 15.3 Å². The van der Waals surface area contributed by atoms with E-state index in [-0.39, 0.29) is 5.56 Å². The van der Waals surface area contributed by atoms with E-state index in [4.69, 9.17) is 4.74 Å². The van der Waals surface area contributed by atoms with Crippen molar-refractivity contribution >= 4 is 5.95 Å². The minimum absolute atomic E-state index is 0.161. The first-order chi connectivity index (χ1) is 8.74. The molecule has 2 N–H and O–H groups in total. The van der Waals surface area contributed by atoms with Crippen LogP contribution in [0.2, 0.25) is 0 Å². The Bertz CT molecular complexity index is 576. The van der Waals surface area contributed by atoms with Crippen LogP contribution >= 0.6 is 0 Å². The fourth-order valence-corrected chi connectivity index (χ4v) is 1.63. The number of methoxy groups -OCH3 is 1. The van der Waals surface area contributed by atoms with Crippen molar-refractivity contribution < 1.29 is 4.74 Å². The number of aromatic amines is 1. The van der Waals surface area contributed by atoms with Crippen molar-refractivity contribution in [2.75, 3.05) is 19.0 Å². The van der Waals surface area contributed by atoms with Crippen LogP contribution in [-0.2, 0) is 0 Å². The first-order valence-corrected chi connectivity index (χ1v) is 5.72. The summed E-state index contributed by atoms with van der Waals surface area (Å²) in [6, 6.07) is 7.29. The molecule has 5 nitrogen and oxygen atoms in total. The maximum absolute atomic E-state index is 11.9. The zero-order chi connectivity index (χ0) is 13.0. The number of nitrogens with one attached hydrogen (secondary N) is 2. The highest BCUT2D eigenvalue weighted by molar-refractivity contribution is 5.62. The third-order valence-corrected chi connectivity index (χ3v) is 2.54. The van der Waals surface area contributed by atoms with Gasteiger partial charge in [-0.2, -0.15) is 0 Å². The van der Waals surface area contributed by atoms with E-state index in [9.17, 15) is 4.79 Å². The van der Waals surface area contributed by atoms with Crippen molar-refractivity contribution in [3.05, 3.63) is 40.8 Å². The van der Waals surface area contributed by atoms with Gasteiger partial charge in [-0.1, -0.05) is 12.1 Å². The molecule has 94 valence electrons. The van der Waals surface area contributed by atoms with Crippen molar-refractivity contribution in [2.24, 2.45) is 0 Å². The smallest absolute Gasteiger partial charge is 0.260 e. The van der Waals surface area contributed by atoms with Gasteiger partial charge in [0.15, 0.2) is 0 Å². The van der Waals surface area contributed by atoms with Crippen LogP contribution < -0.4 is 15.6 Å². The third kappa shape index (κ3) is 2.51. The lowest BCUT2D eigenvalue weighted by Gasteiger charge is -2.05. The predicted octanol–water partition coefficient (Wildman–Crippen LogP) is 1.88. The minimum Gasteiger partial charge on any atom is -0.497 e. The normalized spacial score (nSPS) is 10.1. The Morgan fingerprint density at radius 2 is 2.06 bits per heavy atom. The summed E-state index contributed by atoms with van der Waals surface area (Å²) in [5.74, 6) is 1.24. The largest absolute Gasteiger partial charge is 0.497 e. The molecule has 0 fully saturated rings. The highest BCUT2D eigenvalue weighted by atomic mass is 16.5. The third-order valence-electron chi connectivity index (χ3n) is 2.54. The van der Waals surface area contributed by atoms with Crippen LogP contribution in [0.4, 0.5) is 5.95 Å². The van der Waals surface area contributed by atoms with Gasteiger partial charge in [0.1, 0.15) is 5.75 Å². The molecule has 0 unspecified atom stereocenters. The molecule has 0 saturated carbocycles. The van der Waals surface area contributed by atoms with Crippen LogP contribution in [0.3, 0.4) is 0 Å². The fourth-order valence-electron chi connectivity index (χ4n) is 1.63. The molecule has 0 bridgehead atoms. The highest BCUT2D eigenvalue weighted by Crippen LogP contribution is 2.18. The number of aromatic nitrogens is 2. The van der Waals surface area contributed by atoms with Crippen LogP contribution in [0.1, 0.15) is 6.92 Å². The van der Waals surface area contributed by atoms with Crippen molar-refractivity contribution in [3.63, 3.8) is 0 Å². The lowest BCUT2D eigenvalue weighted by atomic mass is 10.1. The molecule has 1 aromatic heterocycles. The Morgan fingerprint density at radius 3 is 2.61 bits per heavy atom. The number of nitrogens with zero attached hydrogens (tertiary/aromatic N) is 1. The van der Waals surface area contributed by atoms with E-state index in [0.717, 1.165) is 11.3 Å². The van der Waals surface area contributed by atoms with Gasteiger partial charge in [0.2, 0.25) is 5.95 Å². The molecule has 0 amide bonds. The lowest BCUT2D eigenvalue weighted by molar-refractivity contribution is 0.415. The summed E-state index contributed by atoms with van der Waals surface area (Å²) in [4.78, 5) is 18.7. The Morgan fingerprint density at radius 1 is 1.33 bits per heavy atom. The minimum atomic E-state index is -0.161. The zero-order valence-corrected chi connectivity index (χ0v) is 10.4. The second-order valence-corrected chi connectivity index (χ2v) is 3.73. The molecule has 1 heterocycles. The van der Waals surface area contributed by atoms with Gasteiger partial charge in [0.05, 0.1) is 12.7 Å². The monoisotopic (exact) mass is 245 g/mol. The predicted molar refractivity (Wildman–Crippen MR) is 71.0 cm³/mol. The summed E-state index contributed by atoms with van der Waals surface area (Å²) in [5, 5.41) is 2.96. The van der Waals surface area contributed by atoms with E-state index < -0.39 is 0 Å². The maximum atomic E-state index is 11.9. The molecule has 5 heteroatoms. The van der Waals surface area contributed by atoms with E-state index in [1.807, 2.05) is 31.2 Å². The summed E-state index contributed by atoms with van der Waals surface area (Å²) in [6.45, 7) is 2.65. The number of rotatable bonds is 4. The Labute approximate surface area is 105 Å². The number of H-pyrrole nitrogens is 1. The highest BCUT2D eigenvalue weighted by Gasteiger charge is 2.05. The molecule has 18 heavy (non-hydrogen) atoms. The summed E-state index contributed by atoms with van der Waals surface area (Å²) < 4.78 is 5.07. The maximum Gasteiger partial charge on any atom is 0.260 e. The first kappa shape index (κ1) is 12.2. The lowest BCUT2D eigenvalue weighted by Crippen LogP contribution is -2.14. The van der Waals surface area contributed by atoms with Gasteiger partial charge in [-0.3, -0.25) is 9.78 Å². The summed E-state index contributed by atoms with van der Waals surface area (Å²) in [7, 11) is 1.61. The van der Waals surface area contributed by atoms with Crippen molar-refractivity contribution in [2.45, 2.75) is 6.92 Å². The zero-order valence-electron chi connectivity index (χ0n) is 10.4. The molecule has 0 aliphatic carbocycles. The molecule has 0 spiro atoms. The molecule has 0 saturated heterocycles. The second kappa shape index (κ2) is 5.35. The number of ether oxygens (including phenoxy) is 1. The standard InChI is InChI=1S/C13H15N3O2/c1-3-14-13-15-8-11(12(17)16-13)9-4-6-10(18-2)7-5-9/h4-8H,3H2,1-2H3,(H2,14,15,16,17). The van der Waals surface area contributed by atoms with Crippen LogP contribution in [0, 0.1) is 0 Å². The Balaban J connectivity index is 2.35. The number of anilines is 1. The van der Waals surface area contributed by atoms with Gasteiger partial charge in [-0.15, -0.1) is 0 Å². The molecule has 0 aliphatic heterocycles. The molecule has 0 radical (unpaired) electrons. The van der Waals surface area contributed by atoms with Gasteiger partial charge < -0.3 is 10.1 Å². The van der Waals surface area contributed by atoms with Crippen molar-refractivity contribution in [3.8, 4) is 16.9 Å². The van der Waals surface area contributed by atoms with Gasteiger partial charge in [0.25, 0.3) is 5.56 Å². The second-order valence-electron chi connectivity index (χ2n) is 3.73. The van der Waals surface area contributed by atoms with E-state index >= 15 is 0 Å². The van der Waals surface area contributed by atoms with Crippen LogP contribution in [0.15, 0.2) is 35.3 Å². The molecule has 2 rings (SSSR count). The van der Waals surface area contributed by atoms with E-state index in [0.29, 0.717) is 18.1 Å². The molecule has 0 aliphatic rings. The van der Waals surface area contributed by atoms with Crippen LogP contribution in [0.25, 0.3) is 11.1 Å². The van der Waals surface area contributed by atoms with Crippen molar-refractivity contribution in [1.82, 2.24) is 9.97 Å². The van der Waals surface area contributed by atoms with Crippen LogP contribution in [-0.4, -0.2) is 23.6 Å². The van der Waals surface area contributed by atoms with Gasteiger partial charge in [-0.05, 0) is 24.6 Å². The summed E-state index contributed by atoms with van der Waals surface area (Å²) in [6.07, 6.45) is 1.57. The SMILES string of the molecule is CCNc1ncc(-c2ccc(OC)cc2)c(=O)[nH]1. The quantitative estimate of drug-likeness (QED) is 0.863. The van der Waals surface area contributed by atoms with E-state index in [1.54, 1.807) is 13.3 Å². The average molecular weight is 245 g/mol. The molecule has 0 atom stereocenters. The number of benzene rings is 1.